The SMILES string of the molecule is CC(C)(C)c1cccc(C(c2ccccc2)C(C)(C)C)c1O. The number of phenolic OH excluding ortho intramolecular Hbond substituents is 1. The van der Waals surface area contributed by atoms with E-state index >= 15 is 0 Å². The predicted octanol–water partition coefficient (Wildman–Crippen LogP) is 5.87. The van der Waals surface area contributed by atoms with Gasteiger partial charge < -0.3 is 5.11 Å². The van der Waals surface area contributed by atoms with Gasteiger partial charge in [-0.3, -0.25) is 0 Å². The molecule has 0 aromatic heterocycles. The van der Waals surface area contributed by atoms with Crippen molar-refractivity contribution in [3.8, 4) is 5.75 Å². The molecule has 22 heavy (non-hydrogen) atoms. The topological polar surface area (TPSA) is 20.2 Å². The highest BCUT2D eigenvalue weighted by Crippen LogP contribution is 2.46. The van der Waals surface area contributed by atoms with Crippen LogP contribution in [0.25, 0.3) is 0 Å². The summed E-state index contributed by atoms with van der Waals surface area (Å²) >= 11 is 0. The summed E-state index contributed by atoms with van der Waals surface area (Å²) in [6.45, 7) is 13.1. The molecule has 1 N–H and O–H groups in total. The third-order valence-corrected chi connectivity index (χ3v) is 4.19. The van der Waals surface area contributed by atoms with Gasteiger partial charge in [0.1, 0.15) is 5.75 Å². The molecule has 0 fully saturated rings. The van der Waals surface area contributed by atoms with Crippen LogP contribution in [-0.4, -0.2) is 5.11 Å². The quantitative estimate of drug-likeness (QED) is 0.735. The van der Waals surface area contributed by atoms with Gasteiger partial charge in [0, 0.05) is 11.5 Å². The number of benzene rings is 2. The van der Waals surface area contributed by atoms with Gasteiger partial charge in [-0.25, -0.2) is 0 Å². The average molecular weight is 296 g/mol. The van der Waals surface area contributed by atoms with Crippen LogP contribution in [0, 0.1) is 5.41 Å². The number of para-hydroxylation sites is 1. The van der Waals surface area contributed by atoms with Gasteiger partial charge in [0.25, 0.3) is 0 Å². The van der Waals surface area contributed by atoms with Crippen LogP contribution < -0.4 is 0 Å². The molecule has 2 rings (SSSR count). The van der Waals surface area contributed by atoms with E-state index in [1.165, 1.54) is 5.56 Å². The van der Waals surface area contributed by atoms with E-state index in [0.29, 0.717) is 5.75 Å². The first-order valence-corrected chi connectivity index (χ1v) is 7.99. The van der Waals surface area contributed by atoms with Crippen LogP contribution in [0.2, 0.25) is 0 Å². The standard InChI is InChI=1S/C21H28O/c1-20(2,3)17-14-10-13-16(19(17)22)18(21(4,5)6)15-11-8-7-9-12-15/h7-14,18,22H,1-6H3. The zero-order valence-corrected chi connectivity index (χ0v) is 14.6. The number of hydrogen-bond acceptors (Lipinski definition) is 1. The van der Waals surface area contributed by atoms with Crippen molar-refractivity contribution in [2.24, 2.45) is 5.41 Å². The summed E-state index contributed by atoms with van der Waals surface area (Å²) < 4.78 is 0. The van der Waals surface area contributed by atoms with Crippen molar-refractivity contribution >= 4 is 0 Å². The van der Waals surface area contributed by atoms with Gasteiger partial charge in [0.05, 0.1) is 0 Å². The van der Waals surface area contributed by atoms with Crippen molar-refractivity contribution in [1.29, 1.82) is 0 Å². The van der Waals surface area contributed by atoms with Crippen LogP contribution in [-0.2, 0) is 5.41 Å². The van der Waals surface area contributed by atoms with Crippen LogP contribution in [0.4, 0.5) is 0 Å². The molecule has 0 aliphatic heterocycles. The molecule has 0 amide bonds. The Morgan fingerprint density at radius 3 is 1.86 bits per heavy atom. The third-order valence-electron chi connectivity index (χ3n) is 4.19. The fraction of sp³-hybridized carbons (Fsp3) is 0.429. The van der Waals surface area contributed by atoms with Crippen LogP contribution >= 0.6 is 0 Å². The van der Waals surface area contributed by atoms with Crippen molar-refractivity contribution in [3.63, 3.8) is 0 Å². The number of phenols is 1. The minimum Gasteiger partial charge on any atom is -0.507 e. The monoisotopic (exact) mass is 296 g/mol. The Hall–Kier alpha value is -1.76. The van der Waals surface area contributed by atoms with Gasteiger partial charge in [-0.15, -0.1) is 0 Å². The summed E-state index contributed by atoms with van der Waals surface area (Å²) in [6, 6.07) is 16.6. The molecule has 0 aliphatic carbocycles. The highest BCUT2D eigenvalue weighted by Gasteiger charge is 2.31. The van der Waals surface area contributed by atoms with Gasteiger partial charge in [-0.05, 0) is 22.0 Å². The largest absolute Gasteiger partial charge is 0.507 e. The van der Waals surface area contributed by atoms with Gasteiger partial charge in [0.2, 0.25) is 0 Å². The first-order valence-electron chi connectivity index (χ1n) is 7.99. The van der Waals surface area contributed by atoms with Gasteiger partial charge >= 0.3 is 0 Å². The molecule has 1 unspecified atom stereocenters. The molecule has 2 aromatic carbocycles. The van der Waals surface area contributed by atoms with E-state index in [4.69, 9.17) is 0 Å². The van der Waals surface area contributed by atoms with Crippen LogP contribution in [0.5, 0.6) is 5.75 Å². The highest BCUT2D eigenvalue weighted by atomic mass is 16.3. The third kappa shape index (κ3) is 3.35. The highest BCUT2D eigenvalue weighted by molar-refractivity contribution is 5.49. The summed E-state index contributed by atoms with van der Waals surface area (Å²) in [7, 11) is 0. The van der Waals surface area contributed by atoms with Crippen molar-refractivity contribution in [2.75, 3.05) is 0 Å². The molecule has 1 atom stereocenters. The fourth-order valence-corrected chi connectivity index (χ4v) is 3.19. The first kappa shape index (κ1) is 16.6. The number of hydrogen-bond donors (Lipinski definition) is 1. The number of rotatable bonds is 2. The molecule has 0 heterocycles. The normalized spacial score (nSPS) is 13.9. The Labute approximate surface area is 135 Å². The lowest BCUT2D eigenvalue weighted by atomic mass is 9.71. The first-order chi connectivity index (χ1) is 10.1. The maximum Gasteiger partial charge on any atom is 0.123 e. The van der Waals surface area contributed by atoms with E-state index in [1.807, 2.05) is 12.1 Å². The van der Waals surface area contributed by atoms with Crippen molar-refractivity contribution in [2.45, 2.75) is 52.9 Å². The second-order valence-electron chi connectivity index (χ2n) is 8.20. The smallest absolute Gasteiger partial charge is 0.123 e. The second kappa shape index (κ2) is 5.79. The van der Waals surface area contributed by atoms with Gasteiger partial charge in [-0.1, -0.05) is 90.1 Å². The molecule has 1 nitrogen and oxygen atoms in total. The van der Waals surface area contributed by atoms with Crippen LogP contribution in [0.3, 0.4) is 0 Å². The summed E-state index contributed by atoms with van der Waals surface area (Å²) in [5.74, 6) is 0.606. The van der Waals surface area contributed by atoms with Crippen molar-refractivity contribution < 1.29 is 5.11 Å². The van der Waals surface area contributed by atoms with Gasteiger partial charge in [-0.2, -0.15) is 0 Å². The summed E-state index contributed by atoms with van der Waals surface area (Å²) in [4.78, 5) is 0. The Kier molecular flexibility index (Phi) is 4.37. The molecular weight excluding hydrogens is 268 g/mol. The van der Waals surface area contributed by atoms with E-state index < -0.39 is 0 Å². The van der Waals surface area contributed by atoms with E-state index in [0.717, 1.165) is 11.1 Å². The van der Waals surface area contributed by atoms with E-state index in [9.17, 15) is 5.11 Å². The molecular formula is C21H28O. The molecule has 0 bridgehead atoms. The maximum absolute atomic E-state index is 10.9. The maximum atomic E-state index is 10.9. The Morgan fingerprint density at radius 1 is 0.773 bits per heavy atom. The molecule has 0 aliphatic rings. The Morgan fingerprint density at radius 2 is 1.36 bits per heavy atom. The van der Waals surface area contributed by atoms with Gasteiger partial charge in [0.15, 0.2) is 0 Å². The predicted molar refractivity (Wildman–Crippen MR) is 94.5 cm³/mol. The zero-order chi connectivity index (χ0) is 16.5. The molecule has 118 valence electrons. The summed E-state index contributed by atoms with van der Waals surface area (Å²) in [6.07, 6.45) is 0. The zero-order valence-electron chi connectivity index (χ0n) is 14.6. The fourth-order valence-electron chi connectivity index (χ4n) is 3.19. The molecule has 1 heteroatoms. The summed E-state index contributed by atoms with van der Waals surface area (Å²) in [5, 5.41) is 10.9. The minimum absolute atomic E-state index is 0.0232. The lowest BCUT2D eigenvalue weighted by Crippen LogP contribution is -2.21. The molecule has 0 radical (unpaired) electrons. The molecule has 0 saturated carbocycles. The lowest BCUT2D eigenvalue weighted by Gasteiger charge is -2.33. The second-order valence-corrected chi connectivity index (χ2v) is 8.20. The van der Waals surface area contributed by atoms with E-state index in [1.54, 1.807) is 0 Å². The van der Waals surface area contributed by atoms with E-state index in [2.05, 4.69) is 77.9 Å². The molecule has 0 spiro atoms. The van der Waals surface area contributed by atoms with Crippen molar-refractivity contribution in [1.82, 2.24) is 0 Å². The number of aromatic hydroxyl groups is 1. The molecule has 2 aromatic rings. The average Bonchev–Trinajstić information content (AvgIpc) is 2.39. The van der Waals surface area contributed by atoms with Crippen LogP contribution in [0.15, 0.2) is 48.5 Å². The Balaban J connectivity index is 2.65. The van der Waals surface area contributed by atoms with Crippen LogP contribution in [0.1, 0.15) is 64.2 Å². The summed E-state index contributed by atoms with van der Waals surface area (Å²) in [5.41, 5.74) is 3.23. The van der Waals surface area contributed by atoms with Crippen molar-refractivity contribution in [3.05, 3.63) is 65.2 Å². The Bertz CT molecular complexity index is 627. The minimum atomic E-state index is -0.0702. The lowest BCUT2D eigenvalue weighted by molar-refractivity contribution is 0.344. The molecule has 0 saturated heterocycles. The van der Waals surface area contributed by atoms with E-state index in [-0.39, 0.29) is 16.7 Å².